The molecule has 0 bridgehead atoms. The van der Waals surface area contributed by atoms with E-state index in [1.165, 1.54) is 30.4 Å². The van der Waals surface area contributed by atoms with Crippen LogP contribution in [0.5, 0.6) is 0 Å². The minimum absolute atomic E-state index is 0.147. The van der Waals surface area contributed by atoms with E-state index in [4.69, 9.17) is 0 Å². The first kappa shape index (κ1) is 13.1. The largest absolute Gasteiger partial charge is 0.289 e. The second-order valence-electron chi connectivity index (χ2n) is 5.12. The Morgan fingerprint density at radius 2 is 1.78 bits per heavy atom. The van der Waals surface area contributed by atoms with E-state index in [2.05, 4.69) is 26.0 Å². The average molecular weight is 242 g/mol. The smallest absolute Gasteiger partial charge is 0.185 e. The lowest BCUT2D eigenvalue weighted by Crippen LogP contribution is -2.08. The van der Waals surface area contributed by atoms with E-state index in [0.717, 1.165) is 24.3 Å². The van der Waals surface area contributed by atoms with Crippen LogP contribution in [0.2, 0.25) is 0 Å². The monoisotopic (exact) mass is 242 g/mol. The molecule has 1 aromatic carbocycles. The Morgan fingerprint density at radius 3 is 2.22 bits per heavy atom. The molecule has 1 aliphatic rings. The molecule has 0 aliphatic heterocycles. The maximum absolute atomic E-state index is 12.1. The summed E-state index contributed by atoms with van der Waals surface area (Å²) < 4.78 is 0. The lowest BCUT2D eigenvalue weighted by Gasteiger charge is -2.25. The number of carbonyl (C=O) groups excluding carboxylic acids is 1. The van der Waals surface area contributed by atoms with Crippen molar-refractivity contribution in [1.29, 1.82) is 0 Å². The normalized spacial score (nSPS) is 15.0. The molecule has 0 radical (unpaired) electrons. The van der Waals surface area contributed by atoms with Crippen LogP contribution in [0.4, 0.5) is 0 Å². The van der Waals surface area contributed by atoms with Gasteiger partial charge in [-0.15, -0.1) is 0 Å². The summed E-state index contributed by atoms with van der Waals surface area (Å²) in [6.45, 7) is 4.20. The van der Waals surface area contributed by atoms with Crippen molar-refractivity contribution >= 4 is 5.78 Å². The van der Waals surface area contributed by atoms with Crippen LogP contribution in [0.3, 0.4) is 0 Å². The van der Waals surface area contributed by atoms with Gasteiger partial charge in [-0.05, 0) is 43.2 Å². The maximum atomic E-state index is 12.1. The summed E-state index contributed by atoms with van der Waals surface area (Å²) in [4.78, 5) is 12.1. The van der Waals surface area contributed by atoms with Gasteiger partial charge in [0, 0.05) is 5.56 Å². The first-order valence-corrected chi connectivity index (χ1v) is 7.08. The molecule has 1 aromatic rings. The van der Waals surface area contributed by atoms with Crippen molar-refractivity contribution in [2.45, 2.75) is 51.9 Å². The summed E-state index contributed by atoms with van der Waals surface area (Å²) in [5.41, 5.74) is 3.44. The fraction of sp³-hybridized carbons (Fsp3) is 0.471. The number of allylic oxidation sites excluding steroid dienone is 2. The van der Waals surface area contributed by atoms with Gasteiger partial charge in [-0.2, -0.15) is 0 Å². The summed E-state index contributed by atoms with van der Waals surface area (Å²) >= 11 is 0. The van der Waals surface area contributed by atoms with E-state index < -0.39 is 0 Å². The predicted molar refractivity (Wildman–Crippen MR) is 76.0 cm³/mol. The van der Waals surface area contributed by atoms with E-state index in [1.54, 1.807) is 6.08 Å². The number of hydrogen-bond donors (Lipinski definition) is 0. The zero-order valence-electron chi connectivity index (χ0n) is 11.4. The molecule has 1 aliphatic carbocycles. The zero-order valence-corrected chi connectivity index (χ0v) is 11.4. The van der Waals surface area contributed by atoms with Crippen molar-refractivity contribution in [2.75, 3.05) is 0 Å². The van der Waals surface area contributed by atoms with Crippen LogP contribution in [0.15, 0.2) is 35.9 Å². The van der Waals surface area contributed by atoms with Gasteiger partial charge in [-0.25, -0.2) is 0 Å². The Hall–Kier alpha value is -1.37. The highest BCUT2D eigenvalue weighted by Gasteiger charge is 2.19. The van der Waals surface area contributed by atoms with Crippen LogP contribution >= 0.6 is 0 Å². The second-order valence-corrected chi connectivity index (χ2v) is 5.12. The SMILES string of the molecule is CCC(=CC(=O)c1ccc(C2CCC2)cc1)CC. The van der Waals surface area contributed by atoms with Crippen LogP contribution in [-0.2, 0) is 0 Å². The fourth-order valence-corrected chi connectivity index (χ4v) is 2.38. The molecule has 1 fully saturated rings. The van der Waals surface area contributed by atoms with Crippen LogP contribution < -0.4 is 0 Å². The highest BCUT2D eigenvalue weighted by Crippen LogP contribution is 2.36. The molecule has 18 heavy (non-hydrogen) atoms. The molecule has 0 saturated heterocycles. The third-order valence-electron chi connectivity index (χ3n) is 4.02. The summed E-state index contributed by atoms with van der Waals surface area (Å²) in [7, 11) is 0. The number of ketones is 1. The molecule has 0 N–H and O–H groups in total. The molecule has 96 valence electrons. The van der Waals surface area contributed by atoms with E-state index in [1.807, 2.05) is 12.1 Å². The molecular formula is C17H22O. The molecule has 0 heterocycles. The Bertz CT molecular complexity index is 429. The topological polar surface area (TPSA) is 17.1 Å². The molecule has 0 unspecified atom stereocenters. The van der Waals surface area contributed by atoms with Gasteiger partial charge < -0.3 is 0 Å². The van der Waals surface area contributed by atoms with Crippen LogP contribution in [0.25, 0.3) is 0 Å². The summed E-state index contributed by atoms with van der Waals surface area (Å²) in [6, 6.07) is 8.22. The van der Waals surface area contributed by atoms with Crippen molar-refractivity contribution < 1.29 is 4.79 Å². The minimum atomic E-state index is 0.147. The number of hydrogen-bond acceptors (Lipinski definition) is 1. The van der Waals surface area contributed by atoms with Crippen molar-refractivity contribution in [3.05, 3.63) is 47.0 Å². The summed E-state index contributed by atoms with van der Waals surface area (Å²) in [5, 5.41) is 0. The molecule has 0 aromatic heterocycles. The Labute approximate surface area is 110 Å². The molecular weight excluding hydrogens is 220 g/mol. The zero-order chi connectivity index (χ0) is 13.0. The van der Waals surface area contributed by atoms with Gasteiger partial charge in [0.15, 0.2) is 5.78 Å². The van der Waals surface area contributed by atoms with Gasteiger partial charge in [0.1, 0.15) is 0 Å². The first-order valence-electron chi connectivity index (χ1n) is 7.08. The van der Waals surface area contributed by atoms with Gasteiger partial charge in [0.05, 0.1) is 0 Å². The Balaban J connectivity index is 2.08. The third-order valence-corrected chi connectivity index (χ3v) is 4.02. The molecule has 2 rings (SSSR count). The average Bonchev–Trinajstić information content (AvgIpc) is 2.34. The molecule has 1 nitrogen and oxygen atoms in total. The van der Waals surface area contributed by atoms with Gasteiger partial charge in [-0.1, -0.05) is 50.1 Å². The molecule has 0 spiro atoms. The minimum Gasteiger partial charge on any atom is -0.289 e. The third kappa shape index (κ3) is 2.90. The maximum Gasteiger partial charge on any atom is 0.185 e. The lowest BCUT2D eigenvalue weighted by atomic mass is 9.80. The number of rotatable bonds is 5. The fourth-order valence-electron chi connectivity index (χ4n) is 2.38. The van der Waals surface area contributed by atoms with Crippen LogP contribution in [0.1, 0.15) is 67.8 Å². The number of benzene rings is 1. The molecule has 1 saturated carbocycles. The van der Waals surface area contributed by atoms with E-state index >= 15 is 0 Å². The predicted octanol–water partition coefficient (Wildman–Crippen LogP) is 4.88. The molecule has 0 atom stereocenters. The van der Waals surface area contributed by atoms with E-state index in [0.29, 0.717) is 0 Å². The van der Waals surface area contributed by atoms with Gasteiger partial charge in [0.2, 0.25) is 0 Å². The van der Waals surface area contributed by atoms with Crippen LogP contribution in [0, 0.1) is 0 Å². The first-order chi connectivity index (χ1) is 8.74. The Morgan fingerprint density at radius 1 is 1.17 bits per heavy atom. The molecule has 1 heteroatoms. The van der Waals surface area contributed by atoms with Crippen molar-refractivity contribution in [3.63, 3.8) is 0 Å². The summed E-state index contributed by atoms with van der Waals surface area (Å²) in [6.07, 6.45) is 7.69. The second kappa shape index (κ2) is 5.99. The van der Waals surface area contributed by atoms with Crippen LogP contribution in [-0.4, -0.2) is 5.78 Å². The van der Waals surface area contributed by atoms with Crippen molar-refractivity contribution in [2.24, 2.45) is 0 Å². The quantitative estimate of drug-likeness (QED) is 0.531. The van der Waals surface area contributed by atoms with Gasteiger partial charge >= 0.3 is 0 Å². The highest BCUT2D eigenvalue weighted by molar-refractivity contribution is 6.04. The van der Waals surface area contributed by atoms with Gasteiger partial charge in [-0.3, -0.25) is 4.79 Å². The standard InChI is InChI=1S/C17H22O/c1-3-13(4-2)12-17(18)16-10-8-15(9-11-16)14-6-5-7-14/h8-12,14H,3-7H2,1-2H3. The van der Waals surface area contributed by atoms with Crippen molar-refractivity contribution in [1.82, 2.24) is 0 Å². The summed E-state index contributed by atoms with van der Waals surface area (Å²) in [5.74, 6) is 0.889. The van der Waals surface area contributed by atoms with E-state index in [-0.39, 0.29) is 5.78 Å². The van der Waals surface area contributed by atoms with Crippen molar-refractivity contribution in [3.8, 4) is 0 Å². The lowest BCUT2D eigenvalue weighted by molar-refractivity contribution is 0.104. The van der Waals surface area contributed by atoms with E-state index in [9.17, 15) is 4.79 Å². The van der Waals surface area contributed by atoms with Gasteiger partial charge in [0.25, 0.3) is 0 Å². The Kier molecular flexibility index (Phi) is 4.35. The highest BCUT2D eigenvalue weighted by atomic mass is 16.1. The molecule has 0 amide bonds. The number of carbonyl (C=O) groups is 1.